The highest BCUT2D eigenvalue weighted by Crippen LogP contribution is 2.32. The maximum absolute atomic E-state index is 15.5. The summed E-state index contributed by atoms with van der Waals surface area (Å²) in [7, 11) is 0. The summed E-state index contributed by atoms with van der Waals surface area (Å²) >= 11 is 8.00. The largest absolute Gasteiger partial charge is 0.481 e. The molecule has 9 nitrogen and oxygen atoms in total. The van der Waals surface area contributed by atoms with Gasteiger partial charge >= 0.3 is 5.97 Å². The number of anilines is 1. The minimum absolute atomic E-state index is 0.0271. The average molecular weight is 685 g/mol. The molecule has 6 rings (SSSR count). The molecule has 0 radical (unpaired) electrons. The van der Waals surface area contributed by atoms with E-state index in [-0.39, 0.29) is 58.6 Å². The van der Waals surface area contributed by atoms with Crippen molar-refractivity contribution >= 4 is 56.5 Å². The molecule has 2 aliphatic heterocycles. The van der Waals surface area contributed by atoms with E-state index in [1.54, 1.807) is 5.38 Å². The lowest BCUT2D eigenvalue weighted by Crippen LogP contribution is -2.51. The lowest BCUT2D eigenvalue weighted by molar-refractivity contribution is -0.144. The van der Waals surface area contributed by atoms with Crippen LogP contribution in [0, 0.1) is 11.7 Å². The number of thiophene rings is 1. The van der Waals surface area contributed by atoms with E-state index in [9.17, 15) is 19.5 Å². The van der Waals surface area contributed by atoms with Crippen molar-refractivity contribution in [3.63, 3.8) is 0 Å². The number of fused-ring (bicyclic) bond motifs is 1. The van der Waals surface area contributed by atoms with Gasteiger partial charge in [0.05, 0.1) is 47.4 Å². The lowest BCUT2D eigenvalue weighted by Gasteiger charge is -2.37. The normalized spacial score (nSPS) is 24.1. The Morgan fingerprint density at radius 2 is 1.83 bits per heavy atom. The minimum atomic E-state index is -0.749. The number of ether oxygens (including phenoxy) is 1. The summed E-state index contributed by atoms with van der Waals surface area (Å²) in [5.41, 5.74) is 0.812. The summed E-state index contributed by atoms with van der Waals surface area (Å²) in [5.74, 6) is -2.25. The molecule has 2 saturated heterocycles. The quantitative estimate of drug-likeness (QED) is 0.280. The van der Waals surface area contributed by atoms with Crippen molar-refractivity contribution in [2.24, 2.45) is 5.92 Å². The first-order chi connectivity index (χ1) is 22.7. The number of hydrogen-bond acceptors (Lipinski definition) is 7. The first-order valence-electron chi connectivity index (χ1n) is 16.6. The summed E-state index contributed by atoms with van der Waals surface area (Å²) < 4.78 is 22.8. The lowest BCUT2D eigenvalue weighted by atomic mass is 9.87. The van der Waals surface area contributed by atoms with Crippen LogP contribution in [0.4, 0.5) is 10.1 Å². The molecule has 1 aliphatic carbocycles. The van der Waals surface area contributed by atoms with Crippen LogP contribution in [0.2, 0.25) is 5.02 Å². The third kappa shape index (κ3) is 7.81. The van der Waals surface area contributed by atoms with Gasteiger partial charge in [-0.2, -0.15) is 0 Å². The molecule has 2 amide bonds. The number of rotatable bonds is 10. The highest BCUT2D eigenvalue weighted by molar-refractivity contribution is 7.17. The second-order valence-electron chi connectivity index (χ2n) is 12.9. The van der Waals surface area contributed by atoms with Gasteiger partial charge in [-0.1, -0.05) is 36.7 Å². The molecule has 2 aromatic carbocycles. The van der Waals surface area contributed by atoms with Gasteiger partial charge in [0.25, 0.3) is 5.91 Å². The Morgan fingerprint density at radius 3 is 2.55 bits per heavy atom. The van der Waals surface area contributed by atoms with Crippen LogP contribution in [0.25, 0.3) is 10.1 Å². The van der Waals surface area contributed by atoms with Crippen LogP contribution >= 0.6 is 22.9 Å². The number of piperazine rings is 1. The number of hydrogen-bond donors (Lipinski definition) is 2. The Hall–Kier alpha value is -3.09. The van der Waals surface area contributed by atoms with E-state index in [2.05, 4.69) is 22.0 Å². The summed E-state index contributed by atoms with van der Waals surface area (Å²) in [6.45, 7) is 7.95. The van der Waals surface area contributed by atoms with Crippen molar-refractivity contribution in [3.8, 4) is 0 Å². The third-order valence-corrected chi connectivity index (χ3v) is 11.4. The molecule has 2 atom stereocenters. The molecule has 1 aromatic heterocycles. The van der Waals surface area contributed by atoms with Gasteiger partial charge in [-0.15, -0.1) is 11.3 Å². The van der Waals surface area contributed by atoms with Crippen LogP contribution in [0.1, 0.15) is 54.9 Å². The number of likely N-dealkylation sites (N-methyl/N-ethyl adjacent to an activating group) is 1. The molecule has 3 aliphatic rings. The summed E-state index contributed by atoms with van der Waals surface area (Å²) in [6.07, 6.45) is 3.15. The molecular formula is C35H42ClFN4O5S. The average Bonchev–Trinajstić information content (AvgIpc) is 3.71. The van der Waals surface area contributed by atoms with E-state index in [1.807, 2.05) is 29.2 Å². The number of carboxylic acids is 1. The second-order valence-corrected chi connectivity index (χ2v) is 14.2. The standard InChI is InChI=1S/C35H42ClFN4O5S/c1-2-39-11-13-40(14-12-39)24-17-25(20-46-26-9-7-22(8-10-26)35(44)45)41(19-24)33(42)16-23-15-29(36)31(18-30(23)37)38-34(43)28-21-47-32-6-4-3-5-27(28)32/h3-6,15,18,21-22,24-26H,2,7-14,16-17,19-20H2,1H3,(H,38,43)(H,44,45)/t22-,24-,25-,26-/m0/s1. The van der Waals surface area contributed by atoms with E-state index in [4.69, 9.17) is 16.3 Å². The number of nitrogens with one attached hydrogen (secondary N) is 1. The highest BCUT2D eigenvalue weighted by Gasteiger charge is 2.39. The summed E-state index contributed by atoms with van der Waals surface area (Å²) in [6, 6.07) is 10.2. The maximum Gasteiger partial charge on any atom is 0.306 e. The van der Waals surface area contributed by atoms with E-state index < -0.39 is 11.8 Å². The fourth-order valence-corrected chi connectivity index (χ4v) is 8.39. The molecule has 3 heterocycles. The molecule has 2 N–H and O–H groups in total. The Labute approximate surface area is 283 Å². The van der Waals surface area contributed by atoms with Crippen molar-refractivity contribution in [1.82, 2.24) is 14.7 Å². The number of carbonyl (C=O) groups is 3. The molecular weight excluding hydrogens is 643 g/mol. The van der Waals surface area contributed by atoms with Crippen LogP contribution in [-0.2, 0) is 20.7 Å². The number of halogens is 2. The Kier molecular flexibility index (Phi) is 10.8. The maximum atomic E-state index is 15.5. The number of nitrogens with zero attached hydrogens (tertiary/aromatic N) is 3. The zero-order valence-electron chi connectivity index (χ0n) is 26.6. The molecule has 47 heavy (non-hydrogen) atoms. The van der Waals surface area contributed by atoms with Gasteiger partial charge in [-0.05, 0) is 62.4 Å². The molecule has 3 fully saturated rings. The zero-order valence-corrected chi connectivity index (χ0v) is 28.2. The predicted octanol–water partition coefficient (Wildman–Crippen LogP) is 5.76. The fraction of sp³-hybridized carbons (Fsp3) is 0.514. The minimum Gasteiger partial charge on any atom is -0.481 e. The monoisotopic (exact) mass is 684 g/mol. The summed E-state index contributed by atoms with van der Waals surface area (Å²) in [5, 5.41) is 14.8. The van der Waals surface area contributed by atoms with Gasteiger partial charge < -0.3 is 25.0 Å². The number of aliphatic carboxylic acids is 1. The van der Waals surface area contributed by atoms with Crippen LogP contribution in [0.3, 0.4) is 0 Å². The van der Waals surface area contributed by atoms with Gasteiger partial charge in [0.2, 0.25) is 5.91 Å². The highest BCUT2D eigenvalue weighted by atomic mass is 35.5. The van der Waals surface area contributed by atoms with Gasteiger partial charge in [-0.25, -0.2) is 4.39 Å². The van der Waals surface area contributed by atoms with Crippen molar-refractivity contribution in [1.29, 1.82) is 0 Å². The van der Waals surface area contributed by atoms with E-state index in [0.717, 1.165) is 49.2 Å². The first kappa shape index (κ1) is 33.8. The number of amides is 2. The van der Waals surface area contributed by atoms with Crippen molar-refractivity contribution in [2.75, 3.05) is 51.2 Å². The fourth-order valence-electron chi connectivity index (χ4n) is 7.22. The van der Waals surface area contributed by atoms with Crippen LogP contribution in [0.5, 0.6) is 0 Å². The van der Waals surface area contributed by atoms with Crippen LogP contribution in [0.15, 0.2) is 41.8 Å². The van der Waals surface area contributed by atoms with Crippen molar-refractivity contribution < 1.29 is 28.6 Å². The summed E-state index contributed by atoms with van der Waals surface area (Å²) in [4.78, 5) is 45.0. The van der Waals surface area contributed by atoms with Crippen molar-refractivity contribution in [3.05, 3.63) is 63.7 Å². The Bertz CT molecular complexity index is 1600. The molecule has 252 valence electrons. The molecule has 0 bridgehead atoms. The van der Waals surface area contributed by atoms with E-state index >= 15 is 4.39 Å². The van der Waals surface area contributed by atoms with E-state index in [0.29, 0.717) is 44.4 Å². The molecule has 12 heteroatoms. The first-order valence-corrected chi connectivity index (χ1v) is 17.8. The third-order valence-electron chi connectivity index (χ3n) is 10.1. The molecule has 0 spiro atoms. The number of carboxylic acid groups (broad SMARTS) is 1. The van der Waals surface area contributed by atoms with Gasteiger partial charge in [-0.3, -0.25) is 19.3 Å². The topological polar surface area (TPSA) is 102 Å². The number of likely N-dealkylation sites (tertiary alicyclic amines) is 1. The van der Waals surface area contributed by atoms with Crippen LogP contribution < -0.4 is 5.32 Å². The van der Waals surface area contributed by atoms with Gasteiger partial charge in [0.15, 0.2) is 0 Å². The number of benzene rings is 2. The van der Waals surface area contributed by atoms with E-state index in [1.165, 1.54) is 23.5 Å². The molecule has 1 saturated carbocycles. The number of carbonyl (C=O) groups excluding carboxylic acids is 2. The SMILES string of the molecule is CCN1CCN([C@H]2C[C@@H](CO[C@H]3CC[C@H](C(=O)O)CC3)N(C(=O)Cc3cc(Cl)c(NC(=O)c4csc5ccccc45)cc3F)C2)CC1. The van der Waals surface area contributed by atoms with Gasteiger partial charge in [0.1, 0.15) is 5.82 Å². The predicted molar refractivity (Wildman–Crippen MR) is 182 cm³/mol. The Balaban J connectivity index is 1.12. The molecule has 3 aromatic rings. The van der Waals surface area contributed by atoms with Crippen LogP contribution in [-0.4, -0.2) is 102 Å². The smallest absolute Gasteiger partial charge is 0.306 e. The second kappa shape index (κ2) is 15.0. The zero-order chi connectivity index (χ0) is 33.1. The van der Waals surface area contributed by atoms with Crippen molar-refractivity contribution in [2.45, 2.75) is 63.6 Å². The van der Waals surface area contributed by atoms with Gasteiger partial charge in [0, 0.05) is 54.2 Å². The molecule has 0 unspecified atom stereocenters. The Morgan fingerprint density at radius 1 is 1.09 bits per heavy atom.